The number of carboxylic acids is 4. The van der Waals surface area contributed by atoms with Crippen LogP contribution >= 0.6 is 0 Å². The van der Waals surface area contributed by atoms with E-state index in [2.05, 4.69) is 0 Å². The highest BCUT2D eigenvalue weighted by molar-refractivity contribution is 5.75. The smallest absolute Gasteiger partial charge is 0.303 e. The summed E-state index contributed by atoms with van der Waals surface area (Å²) in [6.45, 7) is 1.68. The van der Waals surface area contributed by atoms with Crippen molar-refractivity contribution in [3.63, 3.8) is 0 Å². The van der Waals surface area contributed by atoms with Crippen LogP contribution in [0.2, 0.25) is 0 Å². The maximum atomic E-state index is 9.64. The SMILES string of the molecule is CCO.O=C(O)CCC(=O)O.O=C(O)CCC(=O)O.O=CO. The van der Waals surface area contributed by atoms with Gasteiger partial charge in [-0.1, -0.05) is 0 Å². The van der Waals surface area contributed by atoms with Crippen LogP contribution in [0.25, 0.3) is 0 Å². The summed E-state index contributed by atoms with van der Waals surface area (Å²) in [6, 6.07) is 0. The minimum Gasteiger partial charge on any atom is -0.483 e. The molecule has 0 saturated carbocycles. The molecule has 0 amide bonds. The first kappa shape index (κ1) is 27.6. The maximum Gasteiger partial charge on any atom is 0.303 e. The van der Waals surface area contributed by atoms with E-state index in [1.165, 1.54) is 0 Å². The molecule has 0 aliphatic heterocycles. The second-order valence-electron chi connectivity index (χ2n) is 3.00. The number of hydrogen-bond acceptors (Lipinski definition) is 6. The summed E-state index contributed by atoms with van der Waals surface area (Å²) < 4.78 is 0. The molecule has 0 aliphatic rings. The highest BCUT2D eigenvalue weighted by Gasteiger charge is 2.00. The molecule has 0 radical (unpaired) electrons. The van der Waals surface area contributed by atoms with Gasteiger partial charge in [0.15, 0.2) is 0 Å². The summed E-state index contributed by atoms with van der Waals surface area (Å²) in [4.78, 5) is 46.9. The maximum absolute atomic E-state index is 9.64. The van der Waals surface area contributed by atoms with E-state index in [-0.39, 0.29) is 38.8 Å². The number of aliphatic hydroxyl groups is 1. The average Bonchev–Trinajstić information content (AvgIpc) is 2.36. The molecule has 11 heteroatoms. The van der Waals surface area contributed by atoms with Crippen molar-refractivity contribution in [1.29, 1.82) is 0 Å². The van der Waals surface area contributed by atoms with E-state index >= 15 is 0 Å². The van der Waals surface area contributed by atoms with Gasteiger partial charge in [-0.15, -0.1) is 0 Å². The van der Waals surface area contributed by atoms with Crippen molar-refractivity contribution in [3.05, 3.63) is 0 Å². The van der Waals surface area contributed by atoms with E-state index in [4.69, 9.17) is 35.4 Å². The Kier molecular flexibility index (Phi) is 29.4. The van der Waals surface area contributed by atoms with Crippen LogP contribution in [0.15, 0.2) is 0 Å². The molecule has 0 atom stereocenters. The van der Waals surface area contributed by atoms with Crippen LogP contribution in [0.5, 0.6) is 0 Å². The van der Waals surface area contributed by atoms with Gasteiger partial charge in [-0.05, 0) is 6.92 Å². The van der Waals surface area contributed by atoms with Crippen molar-refractivity contribution in [2.75, 3.05) is 6.61 Å². The molecular formula is C11H20O11. The summed E-state index contributed by atoms with van der Waals surface area (Å²) >= 11 is 0. The molecule has 0 aromatic heterocycles. The van der Waals surface area contributed by atoms with Crippen molar-refractivity contribution >= 4 is 30.3 Å². The summed E-state index contributed by atoms with van der Waals surface area (Å²) in [7, 11) is 0. The number of aliphatic hydroxyl groups excluding tert-OH is 1. The van der Waals surface area contributed by atoms with Crippen LogP contribution in [-0.4, -0.2) is 67.6 Å². The lowest BCUT2D eigenvalue weighted by Gasteiger charge is -1.85. The van der Waals surface area contributed by atoms with Crippen LogP contribution in [-0.2, 0) is 24.0 Å². The quantitative estimate of drug-likeness (QED) is 0.345. The van der Waals surface area contributed by atoms with Crippen LogP contribution < -0.4 is 0 Å². The Hall–Kier alpha value is -2.69. The van der Waals surface area contributed by atoms with E-state index in [0.717, 1.165) is 0 Å². The fraction of sp³-hybridized carbons (Fsp3) is 0.545. The van der Waals surface area contributed by atoms with Gasteiger partial charge < -0.3 is 30.6 Å². The molecule has 0 aliphatic carbocycles. The van der Waals surface area contributed by atoms with Gasteiger partial charge in [-0.25, -0.2) is 0 Å². The first-order valence-corrected chi connectivity index (χ1v) is 5.64. The topological polar surface area (TPSA) is 207 Å². The third-order valence-corrected chi connectivity index (χ3v) is 1.11. The van der Waals surface area contributed by atoms with Gasteiger partial charge in [-0.3, -0.25) is 24.0 Å². The molecule has 0 aromatic rings. The second-order valence-corrected chi connectivity index (χ2v) is 3.00. The molecule has 22 heavy (non-hydrogen) atoms. The van der Waals surface area contributed by atoms with E-state index in [9.17, 15) is 19.2 Å². The van der Waals surface area contributed by atoms with Crippen LogP contribution in [0.3, 0.4) is 0 Å². The van der Waals surface area contributed by atoms with Crippen molar-refractivity contribution in [2.45, 2.75) is 32.6 Å². The molecule has 0 fully saturated rings. The standard InChI is InChI=1S/2C4H6O4.C2H6O.CH2O2/c2*5-3(6)1-2-4(7)8;1-2-3;2-1-3/h2*1-2H2,(H,5,6)(H,7,8);3H,2H2,1H3;1H,(H,2,3). The molecule has 0 saturated heterocycles. The molecule has 0 spiro atoms. The molecule has 6 N–H and O–H groups in total. The first-order chi connectivity index (χ1) is 10.1. The minimum absolute atomic E-state index is 0.250. The third kappa shape index (κ3) is 86.2. The highest BCUT2D eigenvalue weighted by atomic mass is 16.4. The Morgan fingerprint density at radius 1 is 0.727 bits per heavy atom. The van der Waals surface area contributed by atoms with Gasteiger partial charge in [0.1, 0.15) is 0 Å². The van der Waals surface area contributed by atoms with Crippen molar-refractivity contribution < 1.29 is 54.6 Å². The Bertz CT molecular complexity index is 268. The van der Waals surface area contributed by atoms with E-state index < -0.39 is 23.9 Å². The molecule has 0 aromatic carbocycles. The van der Waals surface area contributed by atoms with Crippen molar-refractivity contribution in [1.82, 2.24) is 0 Å². The average molecular weight is 328 g/mol. The zero-order valence-corrected chi connectivity index (χ0v) is 11.8. The van der Waals surface area contributed by atoms with Crippen LogP contribution in [0.1, 0.15) is 32.6 Å². The van der Waals surface area contributed by atoms with Gasteiger partial charge in [0, 0.05) is 6.61 Å². The van der Waals surface area contributed by atoms with Gasteiger partial charge in [0.25, 0.3) is 6.47 Å². The van der Waals surface area contributed by atoms with E-state index in [0.29, 0.717) is 0 Å². The molecule has 130 valence electrons. The molecule has 0 rings (SSSR count). The highest BCUT2D eigenvalue weighted by Crippen LogP contribution is 1.86. The molecular weight excluding hydrogens is 308 g/mol. The minimum atomic E-state index is -1.08. The number of carbonyl (C=O) groups is 5. The van der Waals surface area contributed by atoms with Crippen LogP contribution in [0.4, 0.5) is 0 Å². The predicted octanol–water partition coefficient (Wildman–Crippen LogP) is -0.429. The summed E-state index contributed by atoms with van der Waals surface area (Å²) in [6.07, 6.45) is -1.19. The zero-order valence-electron chi connectivity index (χ0n) is 11.8. The fourth-order valence-corrected chi connectivity index (χ4v) is 0.428. The Balaban J connectivity index is -0.000000109. The van der Waals surface area contributed by atoms with Crippen molar-refractivity contribution in [3.8, 4) is 0 Å². The van der Waals surface area contributed by atoms with Gasteiger partial charge in [0.05, 0.1) is 25.7 Å². The first-order valence-electron chi connectivity index (χ1n) is 5.64. The summed E-state index contributed by atoms with van der Waals surface area (Å²) in [5, 5.41) is 46.1. The monoisotopic (exact) mass is 328 g/mol. The molecule has 0 unspecified atom stereocenters. The number of aliphatic carboxylic acids is 4. The van der Waals surface area contributed by atoms with Gasteiger partial charge >= 0.3 is 23.9 Å². The van der Waals surface area contributed by atoms with E-state index in [1.807, 2.05) is 0 Å². The molecule has 11 nitrogen and oxygen atoms in total. The van der Waals surface area contributed by atoms with Crippen LogP contribution in [0, 0.1) is 0 Å². The number of hydrogen-bond donors (Lipinski definition) is 6. The zero-order chi connectivity index (χ0) is 18.6. The number of carboxylic acid groups (broad SMARTS) is 5. The lowest BCUT2D eigenvalue weighted by molar-refractivity contribution is -0.143. The predicted molar refractivity (Wildman–Crippen MR) is 70.5 cm³/mol. The molecule has 0 heterocycles. The molecule has 0 bridgehead atoms. The summed E-state index contributed by atoms with van der Waals surface area (Å²) in [5.41, 5.74) is 0. The van der Waals surface area contributed by atoms with Crippen molar-refractivity contribution in [2.24, 2.45) is 0 Å². The fourth-order valence-electron chi connectivity index (χ4n) is 0.428. The largest absolute Gasteiger partial charge is 0.483 e. The lowest BCUT2D eigenvalue weighted by atomic mass is 10.3. The summed E-state index contributed by atoms with van der Waals surface area (Å²) in [5.74, 6) is -4.31. The number of rotatable bonds is 6. The van der Waals surface area contributed by atoms with Gasteiger partial charge in [-0.2, -0.15) is 0 Å². The third-order valence-electron chi connectivity index (χ3n) is 1.11. The second kappa shape index (κ2) is 23.4. The lowest BCUT2D eigenvalue weighted by Crippen LogP contribution is -2.00. The van der Waals surface area contributed by atoms with E-state index in [1.54, 1.807) is 6.92 Å². The van der Waals surface area contributed by atoms with Gasteiger partial charge in [0.2, 0.25) is 0 Å². The Morgan fingerprint density at radius 2 is 0.818 bits per heavy atom. The Labute approximate surface area is 125 Å². The normalized spacial score (nSPS) is 7.55. The Morgan fingerprint density at radius 3 is 0.864 bits per heavy atom.